The van der Waals surface area contributed by atoms with Crippen molar-refractivity contribution < 1.29 is 5.11 Å². The van der Waals surface area contributed by atoms with Gasteiger partial charge in [-0.2, -0.15) is 0 Å². The molecule has 10 heavy (non-hydrogen) atoms. The van der Waals surface area contributed by atoms with E-state index in [0.717, 1.165) is 12.8 Å². The first-order chi connectivity index (χ1) is 4.93. The van der Waals surface area contributed by atoms with E-state index in [1.165, 1.54) is 18.4 Å². The first kappa shape index (κ1) is 7.55. The van der Waals surface area contributed by atoms with Crippen LogP contribution in [-0.4, -0.2) is 11.7 Å². The molecule has 0 fully saturated rings. The van der Waals surface area contributed by atoms with Crippen LogP contribution in [0.4, 0.5) is 0 Å². The van der Waals surface area contributed by atoms with Gasteiger partial charge in [-0.25, -0.2) is 0 Å². The van der Waals surface area contributed by atoms with Crippen LogP contribution in [0.5, 0.6) is 0 Å². The molecule has 0 spiro atoms. The molecule has 0 heterocycles. The predicted octanol–water partition coefficient (Wildman–Crippen LogP) is 2.04. The minimum atomic E-state index is 0.311. The molecule has 0 aromatic carbocycles. The number of hydrogen-bond acceptors (Lipinski definition) is 1. The first-order valence-electron chi connectivity index (χ1n) is 3.90. The predicted molar refractivity (Wildman–Crippen MR) is 42.8 cm³/mol. The zero-order valence-corrected chi connectivity index (χ0v) is 6.21. The van der Waals surface area contributed by atoms with Gasteiger partial charge in [0.05, 0.1) is 0 Å². The van der Waals surface area contributed by atoms with Crippen molar-refractivity contribution in [1.29, 1.82) is 0 Å². The second-order valence-electron chi connectivity index (χ2n) is 2.59. The van der Waals surface area contributed by atoms with E-state index in [0.29, 0.717) is 6.61 Å². The molecule has 0 aromatic heterocycles. The third-order valence-corrected chi connectivity index (χ3v) is 1.70. The highest BCUT2D eigenvalue weighted by molar-refractivity contribution is 5.21. The Labute approximate surface area is 62.1 Å². The lowest BCUT2D eigenvalue weighted by Gasteiger charge is -2.04. The Morgan fingerprint density at radius 2 is 2.30 bits per heavy atom. The molecule has 0 unspecified atom stereocenters. The molecule has 0 saturated carbocycles. The molecule has 0 aliphatic heterocycles. The fourth-order valence-corrected chi connectivity index (χ4v) is 1.14. The Kier molecular flexibility index (Phi) is 3.23. The molecule has 56 valence electrons. The van der Waals surface area contributed by atoms with Gasteiger partial charge in [0.25, 0.3) is 0 Å². The van der Waals surface area contributed by atoms with E-state index in [4.69, 9.17) is 5.11 Å². The Hall–Kier alpha value is -0.560. The minimum absolute atomic E-state index is 0.311. The van der Waals surface area contributed by atoms with Crippen LogP contribution >= 0.6 is 0 Å². The first-order valence-corrected chi connectivity index (χ1v) is 3.90. The summed E-state index contributed by atoms with van der Waals surface area (Å²) in [6, 6.07) is 0. The van der Waals surface area contributed by atoms with Crippen molar-refractivity contribution >= 4 is 0 Å². The smallest absolute Gasteiger partial charge is 0.0434 e. The van der Waals surface area contributed by atoms with Gasteiger partial charge in [0.1, 0.15) is 0 Å². The van der Waals surface area contributed by atoms with Crippen LogP contribution in [0.1, 0.15) is 25.7 Å². The second-order valence-corrected chi connectivity index (χ2v) is 2.59. The molecule has 0 radical (unpaired) electrons. The number of rotatable bonds is 3. The normalized spacial score (nSPS) is 17.1. The third kappa shape index (κ3) is 2.36. The second kappa shape index (κ2) is 4.29. The molecule has 1 heteroatoms. The van der Waals surface area contributed by atoms with Gasteiger partial charge in [-0.15, -0.1) is 0 Å². The van der Waals surface area contributed by atoms with Gasteiger partial charge in [-0.05, 0) is 25.7 Å². The largest absolute Gasteiger partial charge is 0.396 e. The van der Waals surface area contributed by atoms with Crippen molar-refractivity contribution in [3.63, 3.8) is 0 Å². The van der Waals surface area contributed by atoms with Crippen molar-refractivity contribution in [2.45, 2.75) is 25.7 Å². The number of aliphatic hydroxyl groups excluding tert-OH is 1. The van der Waals surface area contributed by atoms with Crippen LogP contribution in [0, 0.1) is 0 Å². The average Bonchev–Trinajstić information content (AvgIpc) is 2.03. The molecule has 1 aliphatic rings. The summed E-state index contributed by atoms with van der Waals surface area (Å²) in [5, 5.41) is 8.55. The SMILES string of the molecule is OCCCC1=CCCC=C1. The zero-order valence-electron chi connectivity index (χ0n) is 6.21. The number of allylic oxidation sites excluding steroid dienone is 4. The summed E-state index contributed by atoms with van der Waals surface area (Å²) in [4.78, 5) is 0. The average molecular weight is 138 g/mol. The highest BCUT2D eigenvalue weighted by atomic mass is 16.2. The lowest BCUT2D eigenvalue weighted by atomic mass is 10.0. The van der Waals surface area contributed by atoms with E-state index in [9.17, 15) is 0 Å². The third-order valence-electron chi connectivity index (χ3n) is 1.70. The Morgan fingerprint density at radius 3 is 2.90 bits per heavy atom. The molecule has 0 saturated heterocycles. The van der Waals surface area contributed by atoms with Gasteiger partial charge in [0.2, 0.25) is 0 Å². The van der Waals surface area contributed by atoms with Crippen molar-refractivity contribution in [3.8, 4) is 0 Å². The Balaban J connectivity index is 2.26. The van der Waals surface area contributed by atoms with E-state index in [-0.39, 0.29) is 0 Å². The van der Waals surface area contributed by atoms with Crippen LogP contribution in [0.15, 0.2) is 23.8 Å². The minimum Gasteiger partial charge on any atom is -0.396 e. The molecular formula is C9H14O. The maximum absolute atomic E-state index is 8.55. The van der Waals surface area contributed by atoms with Gasteiger partial charge in [-0.3, -0.25) is 0 Å². The molecule has 1 nitrogen and oxygen atoms in total. The summed E-state index contributed by atoms with van der Waals surface area (Å²) in [6.45, 7) is 0.311. The zero-order chi connectivity index (χ0) is 7.23. The van der Waals surface area contributed by atoms with Gasteiger partial charge in [-0.1, -0.05) is 23.8 Å². The molecule has 0 bridgehead atoms. The fraction of sp³-hybridized carbons (Fsp3) is 0.556. The molecule has 0 atom stereocenters. The lowest BCUT2D eigenvalue weighted by Crippen LogP contribution is -1.88. The van der Waals surface area contributed by atoms with Gasteiger partial charge in [0.15, 0.2) is 0 Å². The Morgan fingerprint density at radius 1 is 1.40 bits per heavy atom. The summed E-state index contributed by atoms with van der Waals surface area (Å²) in [6.07, 6.45) is 10.9. The maximum atomic E-state index is 8.55. The molecule has 0 aromatic rings. The Bertz CT molecular complexity index is 145. The van der Waals surface area contributed by atoms with Gasteiger partial charge < -0.3 is 5.11 Å². The molecule has 1 aliphatic carbocycles. The highest BCUT2D eigenvalue weighted by Gasteiger charge is 1.95. The standard InChI is InChI=1S/C9H14O/c10-8-4-7-9-5-2-1-3-6-9/h2,5-6,10H,1,3-4,7-8H2. The maximum Gasteiger partial charge on any atom is 0.0434 e. The van der Waals surface area contributed by atoms with Crippen molar-refractivity contribution in [3.05, 3.63) is 23.8 Å². The van der Waals surface area contributed by atoms with Gasteiger partial charge >= 0.3 is 0 Å². The topological polar surface area (TPSA) is 20.2 Å². The summed E-state index contributed by atoms with van der Waals surface area (Å²) in [5.41, 5.74) is 1.39. The van der Waals surface area contributed by atoms with Crippen LogP contribution in [-0.2, 0) is 0 Å². The summed E-state index contributed by atoms with van der Waals surface area (Å²) >= 11 is 0. The highest BCUT2D eigenvalue weighted by Crippen LogP contribution is 2.13. The summed E-state index contributed by atoms with van der Waals surface area (Å²) < 4.78 is 0. The van der Waals surface area contributed by atoms with E-state index in [1.54, 1.807) is 0 Å². The molecule has 1 N–H and O–H groups in total. The van der Waals surface area contributed by atoms with Crippen molar-refractivity contribution in [2.24, 2.45) is 0 Å². The fourth-order valence-electron chi connectivity index (χ4n) is 1.14. The van der Waals surface area contributed by atoms with E-state index < -0.39 is 0 Å². The molecular weight excluding hydrogens is 124 g/mol. The molecule has 0 amide bonds. The summed E-state index contributed by atoms with van der Waals surface area (Å²) in [5.74, 6) is 0. The number of hydrogen-bond donors (Lipinski definition) is 1. The van der Waals surface area contributed by atoms with Crippen LogP contribution in [0.3, 0.4) is 0 Å². The summed E-state index contributed by atoms with van der Waals surface area (Å²) in [7, 11) is 0. The number of aliphatic hydroxyl groups is 1. The van der Waals surface area contributed by atoms with Gasteiger partial charge in [0, 0.05) is 6.61 Å². The quantitative estimate of drug-likeness (QED) is 0.632. The van der Waals surface area contributed by atoms with E-state index in [1.807, 2.05) is 0 Å². The van der Waals surface area contributed by atoms with Crippen molar-refractivity contribution in [1.82, 2.24) is 0 Å². The molecule has 1 rings (SSSR count). The van der Waals surface area contributed by atoms with E-state index >= 15 is 0 Å². The van der Waals surface area contributed by atoms with Crippen molar-refractivity contribution in [2.75, 3.05) is 6.61 Å². The monoisotopic (exact) mass is 138 g/mol. The van der Waals surface area contributed by atoms with E-state index in [2.05, 4.69) is 18.2 Å². The van der Waals surface area contributed by atoms with Crippen LogP contribution in [0.2, 0.25) is 0 Å². The lowest BCUT2D eigenvalue weighted by molar-refractivity contribution is 0.289. The van der Waals surface area contributed by atoms with Crippen LogP contribution < -0.4 is 0 Å². The van der Waals surface area contributed by atoms with Crippen LogP contribution in [0.25, 0.3) is 0 Å².